The molecule has 2 N–H and O–H groups in total. The van der Waals surface area contributed by atoms with E-state index >= 15 is 0 Å². The van der Waals surface area contributed by atoms with E-state index in [1.165, 1.54) is 6.20 Å². The highest BCUT2D eigenvalue weighted by molar-refractivity contribution is 5.97. The molecule has 0 saturated carbocycles. The summed E-state index contributed by atoms with van der Waals surface area (Å²) in [5.74, 6) is -1.92. The van der Waals surface area contributed by atoms with E-state index < -0.39 is 30.8 Å². The first-order valence-electron chi connectivity index (χ1n) is 7.09. The molecule has 0 aliphatic heterocycles. The molecule has 6 nitrogen and oxygen atoms in total. The van der Waals surface area contributed by atoms with Gasteiger partial charge in [0.25, 0.3) is 5.91 Å². The molecular formula is C16H15F2N3O3. The second-order valence-electron chi connectivity index (χ2n) is 5.05. The Labute approximate surface area is 136 Å². The number of halogens is 2. The minimum absolute atomic E-state index is 0.0372. The van der Waals surface area contributed by atoms with Crippen LogP contribution in [0.2, 0.25) is 0 Å². The second-order valence-corrected chi connectivity index (χ2v) is 5.05. The summed E-state index contributed by atoms with van der Waals surface area (Å²) in [7, 11) is 0. The van der Waals surface area contributed by atoms with Crippen LogP contribution in [0.3, 0.4) is 0 Å². The van der Waals surface area contributed by atoms with Crippen LogP contribution in [0.1, 0.15) is 22.5 Å². The van der Waals surface area contributed by atoms with E-state index in [2.05, 4.69) is 15.3 Å². The summed E-state index contributed by atoms with van der Waals surface area (Å²) in [4.78, 5) is 31.3. The van der Waals surface area contributed by atoms with Crippen molar-refractivity contribution in [3.05, 3.63) is 47.8 Å². The molecule has 0 bridgehead atoms. The number of aryl methyl sites for hydroxylation is 1. The normalized spacial score (nSPS) is 12.0. The van der Waals surface area contributed by atoms with E-state index in [1.807, 2.05) is 18.2 Å². The van der Waals surface area contributed by atoms with Gasteiger partial charge in [0.2, 0.25) is 6.43 Å². The van der Waals surface area contributed by atoms with Gasteiger partial charge < -0.3 is 10.4 Å². The number of carboxylic acid groups (broad SMARTS) is 1. The average Bonchev–Trinajstić information content (AvgIpc) is 2.54. The number of carboxylic acids is 1. The molecule has 0 saturated heterocycles. The average molecular weight is 335 g/mol. The predicted molar refractivity (Wildman–Crippen MR) is 81.7 cm³/mol. The van der Waals surface area contributed by atoms with Gasteiger partial charge in [-0.05, 0) is 6.92 Å². The van der Waals surface area contributed by atoms with Crippen LogP contribution in [0.25, 0.3) is 11.4 Å². The maximum absolute atomic E-state index is 12.4. The molecule has 1 amide bonds. The highest BCUT2D eigenvalue weighted by atomic mass is 19.3. The van der Waals surface area contributed by atoms with E-state index in [-0.39, 0.29) is 5.56 Å². The summed E-state index contributed by atoms with van der Waals surface area (Å²) in [6, 6.07) is 7.40. The largest absolute Gasteiger partial charge is 0.480 e. The summed E-state index contributed by atoms with van der Waals surface area (Å²) in [6.45, 7) is 1.56. The van der Waals surface area contributed by atoms with Gasteiger partial charge in [0.1, 0.15) is 6.04 Å². The number of amides is 1. The van der Waals surface area contributed by atoms with Gasteiger partial charge in [-0.2, -0.15) is 0 Å². The fraction of sp³-hybridized carbons (Fsp3) is 0.250. The van der Waals surface area contributed by atoms with Crippen molar-refractivity contribution >= 4 is 11.9 Å². The SMILES string of the molecule is Cc1nc(-c2ccccc2)ncc1C(=O)NC(CC(F)F)C(=O)O. The lowest BCUT2D eigenvalue weighted by Crippen LogP contribution is -2.42. The van der Waals surface area contributed by atoms with Crippen molar-refractivity contribution < 1.29 is 23.5 Å². The van der Waals surface area contributed by atoms with Gasteiger partial charge >= 0.3 is 5.97 Å². The fourth-order valence-electron chi connectivity index (χ4n) is 2.05. The molecule has 2 aromatic rings. The van der Waals surface area contributed by atoms with Gasteiger partial charge in [-0.3, -0.25) is 4.79 Å². The lowest BCUT2D eigenvalue weighted by molar-refractivity contribution is -0.140. The van der Waals surface area contributed by atoms with Crippen molar-refractivity contribution in [1.29, 1.82) is 0 Å². The Bertz CT molecular complexity index is 739. The molecule has 0 radical (unpaired) electrons. The number of carbonyl (C=O) groups excluding carboxylic acids is 1. The lowest BCUT2D eigenvalue weighted by atomic mass is 10.1. The molecule has 1 heterocycles. The molecule has 0 fully saturated rings. The van der Waals surface area contributed by atoms with Crippen molar-refractivity contribution in [1.82, 2.24) is 15.3 Å². The number of hydrogen-bond donors (Lipinski definition) is 2. The Hall–Kier alpha value is -2.90. The summed E-state index contributed by atoms with van der Waals surface area (Å²) < 4.78 is 24.8. The maximum Gasteiger partial charge on any atom is 0.326 e. The first kappa shape index (κ1) is 17.5. The van der Waals surface area contributed by atoms with Gasteiger partial charge in [-0.15, -0.1) is 0 Å². The molecule has 2 rings (SSSR count). The highest BCUT2D eigenvalue weighted by Gasteiger charge is 2.25. The molecule has 0 aliphatic carbocycles. The lowest BCUT2D eigenvalue weighted by Gasteiger charge is -2.14. The number of carbonyl (C=O) groups is 2. The van der Waals surface area contributed by atoms with E-state index in [1.54, 1.807) is 19.1 Å². The number of alkyl halides is 2. The topological polar surface area (TPSA) is 92.2 Å². The number of nitrogens with zero attached hydrogens (tertiary/aromatic N) is 2. The van der Waals surface area contributed by atoms with Crippen LogP contribution in [0.15, 0.2) is 36.5 Å². The standard InChI is InChI=1S/C16H15F2N3O3/c1-9-11(15(22)21-12(16(23)24)7-13(17)18)8-19-14(20-9)10-5-3-2-4-6-10/h2-6,8,12-13H,7H2,1H3,(H,21,22)(H,23,24). The van der Waals surface area contributed by atoms with Gasteiger partial charge in [-0.25, -0.2) is 23.5 Å². The van der Waals surface area contributed by atoms with E-state index in [0.29, 0.717) is 11.5 Å². The van der Waals surface area contributed by atoms with Crippen molar-refractivity contribution in [2.75, 3.05) is 0 Å². The van der Waals surface area contributed by atoms with Crippen LogP contribution < -0.4 is 5.32 Å². The van der Waals surface area contributed by atoms with Crippen molar-refractivity contribution in [2.24, 2.45) is 0 Å². The molecule has 126 valence electrons. The Balaban J connectivity index is 2.19. The Morgan fingerprint density at radius 2 is 1.92 bits per heavy atom. The van der Waals surface area contributed by atoms with Crippen LogP contribution in [0.5, 0.6) is 0 Å². The molecule has 1 aromatic heterocycles. The molecule has 24 heavy (non-hydrogen) atoms. The first-order valence-corrected chi connectivity index (χ1v) is 7.09. The van der Waals surface area contributed by atoms with Crippen LogP contribution in [0, 0.1) is 6.92 Å². The number of aromatic nitrogens is 2. The molecule has 8 heteroatoms. The Morgan fingerprint density at radius 1 is 1.25 bits per heavy atom. The summed E-state index contributed by atoms with van der Waals surface area (Å²) in [6.07, 6.45) is -2.56. The fourth-order valence-corrected chi connectivity index (χ4v) is 2.05. The number of hydrogen-bond acceptors (Lipinski definition) is 4. The quantitative estimate of drug-likeness (QED) is 0.845. The minimum Gasteiger partial charge on any atom is -0.480 e. The van der Waals surface area contributed by atoms with Crippen LogP contribution in [0.4, 0.5) is 8.78 Å². The monoisotopic (exact) mass is 335 g/mol. The summed E-state index contributed by atoms with van der Waals surface area (Å²) in [5.41, 5.74) is 1.12. The zero-order chi connectivity index (χ0) is 17.7. The number of rotatable bonds is 6. The summed E-state index contributed by atoms with van der Waals surface area (Å²) in [5, 5.41) is 11.0. The van der Waals surface area contributed by atoms with Crippen molar-refractivity contribution in [3.8, 4) is 11.4 Å². The third-order valence-corrected chi connectivity index (χ3v) is 3.27. The third-order valence-electron chi connectivity index (χ3n) is 3.27. The van der Waals surface area contributed by atoms with Crippen LogP contribution >= 0.6 is 0 Å². The first-order chi connectivity index (χ1) is 11.4. The number of benzene rings is 1. The van der Waals surface area contributed by atoms with Crippen molar-refractivity contribution in [2.45, 2.75) is 25.8 Å². The molecule has 1 aromatic carbocycles. The van der Waals surface area contributed by atoms with E-state index in [9.17, 15) is 18.4 Å². The zero-order valence-electron chi connectivity index (χ0n) is 12.7. The number of nitrogens with one attached hydrogen (secondary N) is 1. The van der Waals surface area contributed by atoms with Gasteiger partial charge in [0, 0.05) is 18.2 Å². The van der Waals surface area contributed by atoms with Gasteiger partial charge in [0.05, 0.1) is 11.3 Å². The second kappa shape index (κ2) is 7.58. The van der Waals surface area contributed by atoms with Crippen molar-refractivity contribution in [3.63, 3.8) is 0 Å². The molecule has 0 spiro atoms. The predicted octanol–water partition coefficient (Wildman–Crippen LogP) is 2.29. The van der Waals surface area contributed by atoms with Gasteiger partial charge in [0.15, 0.2) is 5.82 Å². The molecule has 0 aliphatic rings. The zero-order valence-corrected chi connectivity index (χ0v) is 12.7. The molecular weight excluding hydrogens is 320 g/mol. The number of aliphatic carboxylic acids is 1. The molecule has 1 unspecified atom stereocenters. The smallest absolute Gasteiger partial charge is 0.326 e. The van der Waals surface area contributed by atoms with Crippen LogP contribution in [-0.2, 0) is 4.79 Å². The Kier molecular flexibility index (Phi) is 5.51. The van der Waals surface area contributed by atoms with Gasteiger partial charge in [-0.1, -0.05) is 30.3 Å². The maximum atomic E-state index is 12.4. The highest BCUT2D eigenvalue weighted by Crippen LogP contribution is 2.16. The van der Waals surface area contributed by atoms with E-state index in [4.69, 9.17) is 5.11 Å². The Morgan fingerprint density at radius 3 is 2.46 bits per heavy atom. The molecule has 1 atom stereocenters. The third kappa shape index (κ3) is 4.31. The summed E-state index contributed by atoms with van der Waals surface area (Å²) >= 11 is 0. The minimum atomic E-state index is -2.84. The van der Waals surface area contributed by atoms with Crippen LogP contribution in [-0.4, -0.2) is 39.4 Å². The van der Waals surface area contributed by atoms with E-state index in [0.717, 1.165) is 5.56 Å².